The van der Waals surface area contributed by atoms with Gasteiger partial charge in [0.2, 0.25) is 0 Å². The van der Waals surface area contributed by atoms with E-state index in [1.165, 1.54) is 0 Å². The Hall–Kier alpha value is -2.16. The molecule has 0 fully saturated rings. The fraction of sp³-hybridized carbons (Fsp3) is 0.200. The third kappa shape index (κ3) is 3.17. The van der Waals surface area contributed by atoms with Crippen LogP contribution in [0, 0.1) is 0 Å². The maximum Gasteiger partial charge on any atom is 0.118 e. The van der Waals surface area contributed by atoms with Gasteiger partial charge in [0.15, 0.2) is 0 Å². The Morgan fingerprint density at radius 2 is 1.78 bits per heavy atom. The van der Waals surface area contributed by atoms with Crippen LogP contribution in [0.3, 0.4) is 0 Å². The second-order valence-electron chi connectivity index (χ2n) is 3.99. The molecular formula is C15H16N2O. The Morgan fingerprint density at radius 3 is 2.39 bits per heavy atom. The van der Waals surface area contributed by atoms with E-state index < -0.39 is 0 Å². The standard InChI is InChI=1S/C15H16N2O/c1-12(14-3-5-15(18-2)6-4-14)17-11-13-7-9-16-10-8-13/h3-10H,11H2,1-2H3. The molecular weight excluding hydrogens is 224 g/mol. The van der Waals surface area contributed by atoms with E-state index in [9.17, 15) is 0 Å². The first kappa shape index (κ1) is 12.3. The summed E-state index contributed by atoms with van der Waals surface area (Å²) in [5, 5.41) is 0. The molecule has 0 bridgehead atoms. The van der Waals surface area contributed by atoms with Crippen LogP contribution in [0.2, 0.25) is 0 Å². The van der Waals surface area contributed by atoms with E-state index in [2.05, 4.69) is 9.98 Å². The molecule has 0 saturated carbocycles. The van der Waals surface area contributed by atoms with Gasteiger partial charge in [-0.2, -0.15) is 0 Å². The van der Waals surface area contributed by atoms with Crippen molar-refractivity contribution in [3.05, 3.63) is 59.9 Å². The minimum Gasteiger partial charge on any atom is -0.497 e. The van der Waals surface area contributed by atoms with Gasteiger partial charge in [0, 0.05) is 18.1 Å². The lowest BCUT2D eigenvalue weighted by Crippen LogP contribution is -1.96. The Morgan fingerprint density at radius 1 is 1.11 bits per heavy atom. The molecule has 0 N–H and O–H groups in total. The van der Waals surface area contributed by atoms with E-state index in [1.54, 1.807) is 19.5 Å². The van der Waals surface area contributed by atoms with Crippen molar-refractivity contribution in [1.29, 1.82) is 0 Å². The smallest absolute Gasteiger partial charge is 0.118 e. The van der Waals surface area contributed by atoms with E-state index >= 15 is 0 Å². The van der Waals surface area contributed by atoms with Crippen LogP contribution in [0.5, 0.6) is 5.75 Å². The zero-order chi connectivity index (χ0) is 12.8. The first-order chi connectivity index (χ1) is 8.79. The number of hydrogen-bond acceptors (Lipinski definition) is 3. The Labute approximate surface area is 107 Å². The number of aromatic nitrogens is 1. The highest BCUT2D eigenvalue weighted by atomic mass is 16.5. The number of methoxy groups -OCH3 is 1. The lowest BCUT2D eigenvalue weighted by Gasteiger charge is -2.03. The maximum atomic E-state index is 5.13. The maximum absolute atomic E-state index is 5.13. The van der Waals surface area contributed by atoms with Crippen LogP contribution in [-0.2, 0) is 6.54 Å². The largest absolute Gasteiger partial charge is 0.497 e. The van der Waals surface area contributed by atoms with Crippen LogP contribution in [0.1, 0.15) is 18.1 Å². The normalized spacial score (nSPS) is 11.3. The summed E-state index contributed by atoms with van der Waals surface area (Å²) in [6.45, 7) is 2.70. The Bertz CT molecular complexity index is 518. The van der Waals surface area contributed by atoms with Gasteiger partial charge < -0.3 is 4.74 Å². The molecule has 0 aliphatic rings. The summed E-state index contributed by atoms with van der Waals surface area (Å²) >= 11 is 0. The van der Waals surface area contributed by atoms with E-state index in [4.69, 9.17) is 4.74 Å². The molecule has 1 heterocycles. The number of hydrogen-bond donors (Lipinski definition) is 0. The quantitative estimate of drug-likeness (QED) is 0.770. The highest BCUT2D eigenvalue weighted by molar-refractivity contribution is 5.98. The zero-order valence-electron chi connectivity index (χ0n) is 10.6. The molecule has 3 nitrogen and oxygen atoms in total. The summed E-state index contributed by atoms with van der Waals surface area (Å²) < 4.78 is 5.13. The van der Waals surface area contributed by atoms with Gasteiger partial charge in [-0.15, -0.1) is 0 Å². The summed E-state index contributed by atoms with van der Waals surface area (Å²) in [5.74, 6) is 0.862. The number of ether oxygens (including phenoxy) is 1. The van der Waals surface area contributed by atoms with Crippen molar-refractivity contribution in [2.24, 2.45) is 4.99 Å². The minimum absolute atomic E-state index is 0.681. The van der Waals surface area contributed by atoms with Gasteiger partial charge in [-0.1, -0.05) is 0 Å². The predicted molar refractivity (Wildman–Crippen MR) is 73.1 cm³/mol. The van der Waals surface area contributed by atoms with Crippen LogP contribution < -0.4 is 4.74 Å². The summed E-state index contributed by atoms with van der Waals surface area (Å²) in [7, 11) is 1.67. The number of rotatable bonds is 4. The van der Waals surface area contributed by atoms with Gasteiger partial charge in [-0.05, 0) is 54.4 Å². The van der Waals surface area contributed by atoms with Gasteiger partial charge in [0.05, 0.1) is 13.7 Å². The lowest BCUT2D eigenvalue weighted by atomic mass is 10.1. The number of benzene rings is 1. The molecule has 1 aromatic carbocycles. The predicted octanol–water partition coefficient (Wildman–Crippen LogP) is 3.10. The zero-order valence-corrected chi connectivity index (χ0v) is 10.6. The van der Waals surface area contributed by atoms with Gasteiger partial charge in [-0.3, -0.25) is 9.98 Å². The Kier molecular flexibility index (Phi) is 4.07. The summed E-state index contributed by atoms with van der Waals surface area (Å²) in [4.78, 5) is 8.56. The molecule has 92 valence electrons. The number of aliphatic imine (C=N–C) groups is 1. The van der Waals surface area contributed by atoms with Crippen molar-refractivity contribution < 1.29 is 4.74 Å². The van der Waals surface area contributed by atoms with Crippen molar-refractivity contribution in [2.75, 3.05) is 7.11 Å². The fourth-order valence-electron chi connectivity index (χ4n) is 1.62. The van der Waals surface area contributed by atoms with Crippen LogP contribution >= 0.6 is 0 Å². The van der Waals surface area contributed by atoms with Crippen LogP contribution in [0.4, 0.5) is 0 Å². The van der Waals surface area contributed by atoms with Crippen molar-refractivity contribution in [3.8, 4) is 5.75 Å². The van der Waals surface area contributed by atoms with E-state index in [-0.39, 0.29) is 0 Å². The molecule has 18 heavy (non-hydrogen) atoms. The molecule has 0 spiro atoms. The van der Waals surface area contributed by atoms with Gasteiger partial charge in [0.1, 0.15) is 5.75 Å². The molecule has 1 aromatic heterocycles. The average molecular weight is 240 g/mol. The van der Waals surface area contributed by atoms with Gasteiger partial charge in [-0.25, -0.2) is 0 Å². The van der Waals surface area contributed by atoms with E-state index in [0.717, 1.165) is 22.6 Å². The second-order valence-corrected chi connectivity index (χ2v) is 3.99. The lowest BCUT2D eigenvalue weighted by molar-refractivity contribution is 0.415. The number of pyridine rings is 1. The molecule has 0 atom stereocenters. The SMILES string of the molecule is COc1ccc(C(C)=NCc2ccncc2)cc1. The summed E-state index contributed by atoms with van der Waals surface area (Å²) in [5.41, 5.74) is 3.30. The highest BCUT2D eigenvalue weighted by Gasteiger charge is 1.98. The van der Waals surface area contributed by atoms with E-state index in [1.807, 2.05) is 43.3 Å². The molecule has 0 unspecified atom stereocenters. The molecule has 0 saturated heterocycles. The van der Waals surface area contributed by atoms with Gasteiger partial charge >= 0.3 is 0 Å². The van der Waals surface area contributed by atoms with Crippen molar-refractivity contribution in [3.63, 3.8) is 0 Å². The average Bonchev–Trinajstić information content (AvgIpc) is 2.46. The molecule has 0 aliphatic carbocycles. The third-order valence-corrected chi connectivity index (χ3v) is 2.76. The summed E-state index contributed by atoms with van der Waals surface area (Å²) in [6.07, 6.45) is 3.57. The Balaban J connectivity index is 2.08. The topological polar surface area (TPSA) is 34.5 Å². The first-order valence-corrected chi connectivity index (χ1v) is 5.84. The van der Waals surface area contributed by atoms with Crippen LogP contribution in [0.25, 0.3) is 0 Å². The minimum atomic E-state index is 0.681. The molecule has 2 aromatic rings. The first-order valence-electron chi connectivity index (χ1n) is 5.84. The fourth-order valence-corrected chi connectivity index (χ4v) is 1.62. The second kappa shape index (κ2) is 5.96. The number of nitrogens with zero attached hydrogens (tertiary/aromatic N) is 2. The summed E-state index contributed by atoms with van der Waals surface area (Å²) in [6, 6.07) is 11.9. The van der Waals surface area contributed by atoms with Crippen LogP contribution in [0.15, 0.2) is 53.8 Å². The molecule has 2 rings (SSSR count). The van der Waals surface area contributed by atoms with Crippen molar-refractivity contribution in [2.45, 2.75) is 13.5 Å². The van der Waals surface area contributed by atoms with Gasteiger partial charge in [0.25, 0.3) is 0 Å². The van der Waals surface area contributed by atoms with Crippen LogP contribution in [-0.4, -0.2) is 17.8 Å². The molecule has 0 amide bonds. The molecule has 0 radical (unpaired) electrons. The molecule has 3 heteroatoms. The third-order valence-electron chi connectivity index (χ3n) is 2.76. The highest BCUT2D eigenvalue weighted by Crippen LogP contribution is 2.12. The van der Waals surface area contributed by atoms with Crippen molar-refractivity contribution >= 4 is 5.71 Å². The monoisotopic (exact) mass is 240 g/mol. The van der Waals surface area contributed by atoms with E-state index in [0.29, 0.717) is 6.54 Å². The molecule has 0 aliphatic heterocycles. The van der Waals surface area contributed by atoms with Crippen molar-refractivity contribution in [1.82, 2.24) is 4.98 Å².